The average molecular weight is 318 g/mol. The number of piperazine rings is 2. The normalized spacial score (nSPS) is 20.7. The fourth-order valence-corrected chi connectivity index (χ4v) is 3.17. The van der Waals surface area contributed by atoms with Crippen LogP contribution in [0.2, 0.25) is 0 Å². The third-order valence-electron chi connectivity index (χ3n) is 4.80. The first-order valence-electron chi connectivity index (χ1n) is 8.34. The lowest BCUT2D eigenvalue weighted by Gasteiger charge is -2.38. The Bertz CT molecular complexity index is 518. The number of phenols is 1. The third-order valence-corrected chi connectivity index (χ3v) is 4.80. The van der Waals surface area contributed by atoms with Crippen LogP contribution in [0, 0.1) is 0 Å². The molecule has 0 aromatic heterocycles. The molecule has 2 aliphatic heterocycles. The Hall–Kier alpha value is -1.79. The molecule has 6 nitrogen and oxygen atoms in total. The van der Waals surface area contributed by atoms with Gasteiger partial charge in [0.15, 0.2) is 0 Å². The number of aromatic hydroxyl groups is 1. The summed E-state index contributed by atoms with van der Waals surface area (Å²) in [4.78, 5) is 21.3. The molecule has 1 amide bonds. The SMILES string of the molecule is CN1CCN(CC(=O)N2CCN(c3ccc(O)cc3)CC2)CC1. The molecule has 6 heteroatoms. The van der Waals surface area contributed by atoms with Crippen LogP contribution >= 0.6 is 0 Å². The third kappa shape index (κ3) is 4.14. The molecule has 0 aliphatic carbocycles. The van der Waals surface area contributed by atoms with E-state index in [2.05, 4.69) is 21.7 Å². The number of benzene rings is 1. The molecular weight excluding hydrogens is 292 g/mol. The molecule has 2 heterocycles. The molecule has 23 heavy (non-hydrogen) atoms. The number of rotatable bonds is 3. The monoisotopic (exact) mass is 318 g/mol. The molecule has 3 rings (SSSR count). The second kappa shape index (κ2) is 7.19. The van der Waals surface area contributed by atoms with Crippen molar-refractivity contribution in [1.29, 1.82) is 0 Å². The van der Waals surface area contributed by atoms with E-state index in [-0.39, 0.29) is 11.7 Å². The molecule has 1 N–H and O–H groups in total. The Morgan fingerprint density at radius 3 is 2.17 bits per heavy atom. The minimum atomic E-state index is 0.250. The summed E-state index contributed by atoms with van der Waals surface area (Å²) in [5, 5.41) is 9.36. The van der Waals surface area contributed by atoms with Crippen molar-refractivity contribution in [2.24, 2.45) is 0 Å². The van der Waals surface area contributed by atoms with Crippen molar-refractivity contribution in [1.82, 2.24) is 14.7 Å². The smallest absolute Gasteiger partial charge is 0.236 e. The summed E-state index contributed by atoms with van der Waals surface area (Å²) in [6.07, 6.45) is 0. The molecule has 0 saturated carbocycles. The molecule has 0 spiro atoms. The highest BCUT2D eigenvalue weighted by molar-refractivity contribution is 5.78. The van der Waals surface area contributed by atoms with Crippen LogP contribution < -0.4 is 4.90 Å². The van der Waals surface area contributed by atoms with E-state index in [9.17, 15) is 9.90 Å². The summed E-state index contributed by atoms with van der Waals surface area (Å²) in [7, 11) is 2.13. The number of carbonyl (C=O) groups is 1. The average Bonchev–Trinajstić information content (AvgIpc) is 2.58. The topological polar surface area (TPSA) is 50.3 Å². The molecule has 2 fully saturated rings. The van der Waals surface area contributed by atoms with Crippen molar-refractivity contribution in [3.05, 3.63) is 24.3 Å². The van der Waals surface area contributed by atoms with Crippen molar-refractivity contribution < 1.29 is 9.90 Å². The van der Waals surface area contributed by atoms with Crippen molar-refractivity contribution >= 4 is 11.6 Å². The first kappa shape index (κ1) is 16.1. The minimum Gasteiger partial charge on any atom is -0.508 e. The van der Waals surface area contributed by atoms with Gasteiger partial charge in [0.05, 0.1) is 6.54 Å². The van der Waals surface area contributed by atoms with Crippen molar-refractivity contribution in [3.8, 4) is 5.75 Å². The molecule has 0 bridgehead atoms. The van der Waals surface area contributed by atoms with Crippen molar-refractivity contribution in [3.63, 3.8) is 0 Å². The Morgan fingerprint density at radius 2 is 1.57 bits per heavy atom. The summed E-state index contributed by atoms with van der Waals surface area (Å²) in [6.45, 7) is 7.84. The zero-order chi connectivity index (χ0) is 16.2. The maximum Gasteiger partial charge on any atom is 0.236 e. The van der Waals surface area contributed by atoms with Gasteiger partial charge in [0.2, 0.25) is 5.91 Å². The predicted molar refractivity (Wildman–Crippen MR) is 90.8 cm³/mol. The lowest BCUT2D eigenvalue weighted by atomic mass is 10.2. The second-order valence-electron chi connectivity index (χ2n) is 6.46. The van der Waals surface area contributed by atoms with E-state index in [0.29, 0.717) is 6.54 Å². The van der Waals surface area contributed by atoms with E-state index in [1.165, 1.54) is 0 Å². The number of likely N-dealkylation sites (N-methyl/N-ethyl adjacent to an activating group) is 1. The zero-order valence-electron chi connectivity index (χ0n) is 13.8. The van der Waals surface area contributed by atoms with Gasteiger partial charge in [-0.1, -0.05) is 0 Å². The maximum absolute atomic E-state index is 12.5. The van der Waals surface area contributed by atoms with E-state index in [1.54, 1.807) is 12.1 Å². The van der Waals surface area contributed by atoms with Crippen LogP contribution in [-0.2, 0) is 4.79 Å². The van der Waals surface area contributed by atoms with Gasteiger partial charge in [-0.15, -0.1) is 0 Å². The Balaban J connectivity index is 1.46. The van der Waals surface area contributed by atoms with Crippen molar-refractivity contribution in [2.75, 3.05) is 70.9 Å². The first-order chi connectivity index (χ1) is 11.1. The van der Waals surface area contributed by atoms with Gasteiger partial charge in [0.1, 0.15) is 5.75 Å². The number of anilines is 1. The second-order valence-corrected chi connectivity index (χ2v) is 6.46. The molecule has 2 aliphatic rings. The van der Waals surface area contributed by atoms with Crippen LogP contribution in [0.3, 0.4) is 0 Å². The molecule has 0 atom stereocenters. The highest BCUT2D eigenvalue weighted by atomic mass is 16.3. The number of amides is 1. The van der Waals surface area contributed by atoms with Gasteiger partial charge < -0.3 is 19.8 Å². The summed E-state index contributed by atoms with van der Waals surface area (Å²) >= 11 is 0. The van der Waals surface area contributed by atoms with E-state index in [4.69, 9.17) is 0 Å². The lowest BCUT2D eigenvalue weighted by molar-refractivity contribution is -0.133. The fraction of sp³-hybridized carbons (Fsp3) is 0.588. The standard InChI is InChI=1S/C17H26N4O2/c1-18-6-8-19(9-7-18)14-17(23)21-12-10-20(11-13-21)15-2-4-16(22)5-3-15/h2-5,22H,6-14H2,1H3. The highest BCUT2D eigenvalue weighted by Gasteiger charge is 2.24. The number of hydrogen-bond acceptors (Lipinski definition) is 5. The summed E-state index contributed by atoms with van der Waals surface area (Å²) in [6, 6.07) is 7.27. The quantitative estimate of drug-likeness (QED) is 0.868. The van der Waals surface area contributed by atoms with Crippen LogP contribution in [0.4, 0.5) is 5.69 Å². The van der Waals surface area contributed by atoms with E-state index in [1.807, 2.05) is 17.0 Å². The van der Waals surface area contributed by atoms with E-state index in [0.717, 1.165) is 58.0 Å². The number of phenolic OH excluding ortho intramolecular Hbond substituents is 1. The zero-order valence-corrected chi connectivity index (χ0v) is 13.8. The Morgan fingerprint density at radius 1 is 0.957 bits per heavy atom. The molecule has 126 valence electrons. The largest absolute Gasteiger partial charge is 0.508 e. The van der Waals surface area contributed by atoms with Crippen LogP contribution in [0.1, 0.15) is 0 Å². The van der Waals surface area contributed by atoms with Gasteiger partial charge in [0.25, 0.3) is 0 Å². The molecule has 1 aromatic rings. The van der Waals surface area contributed by atoms with Gasteiger partial charge in [-0.05, 0) is 31.3 Å². The summed E-state index contributed by atoms with van der Waals surface area (Å²) in [5.74, 6) is 0.537. The molecule has 2 saturated heterocycles. The van der Waals surface area contributed by atoms with E-state index >= 15 is 0 Å². The van der Waals surface area contributed by atoms with Gasteiger partial charge in [-0.2, -0.15) is 0 Å². The Labute approximate surface area is 137 Å². The molecular formula is C17H26N4O2. The lowest BCUT2D eigenvalue weighted by Crippen LogP contribution is -2.53. The van der Waals surface area contributed by atoms with Gasteiger partial charge in [-0.25, -0.2) is 0 Å². The van der Waals surface area contributed by atoms with Gasteiger partial charge >= 0.3 is 0 Å². The molecule has 0 unspecified atom stereocenters. The summed E-state index contributed by atoms with van der Waals surface area (Å²) in [5.41, 5.74) is 1.11. The fourth-order valence-electron chi connectivity index (χ4n) is 3.17. The van der Waals surface area contributed by atoms with Crippen molar-refractivity contribution in [2.45, 2.75) is 0 Å². The van der Waals surface area contributed by atoms with E-state index < -0.39 is 0 Å². The molecule has 0 radical (unpaired) electrons. The number of hydrogen-bond donors (Lipinski definition) is 1. The molecule has 1 aromatic carbocycles. The summed E-state index contributed by atoms with van der Waals surface area (Å²) < 4.78 is 0. The highest BCUT2D eigenvalue weighted by Crippen LogP contribution is 2.19. The van der Waals surface area contributed by atoms with Crippen LogP contribution in [0.25, 0.3) is 0 Å². The first-order valence-corrected chi connectivity index (χ1v) is 8.34. The van der Waals surface area contributed by atoms with Gasteiger partial charge in [0, 0.05) is 58.0 Å². The predicted octanol–water partition coefficient (Wildman–Crippen LogP) is 0.288. The van der Waals surface area contributed by atoms with Crippen LogP contribution in [0.15, 0.2) is 24.3 Å². The van der Waals surface area contributed by atoms with Crippen LogP contribution in [-0.4, -0.2) is 91.7 Å². The number of nitrogens with zero attached hydrogens (tertiary/aromatic N) is 4. The minimum absolute atomic E-state index is 0.250. The number of carbonyl (C=O) groups excluding carboxylic acids is 1. The van der Waals surface area contributed by atoms with Crippen LogP contribution in [0.5, 0.6) is 5.75 Å². The van der Waals surface area contributed by atoms with Gasteiger partial charge in [-0.3, -0.25) is 9.69 Å². The Kier molecular flexibility index (Phi) is 5.03. The maximum atomic E-state index is 12.5.